The number of benzene rings is 2. The van der Waals surface area contributed by atoms with Crippen molar-refractivity contribution in [3.8, 4) is 11.5 Å². The van der Waals surface area contributed by atoms with E-state index in [1.165, 1.54) is 38.5 Å². The van der Waals surface area contributed by atoms with Crippen LogP contribution in [0.15, 0.2) is 59.8 Å². The van der Waals surface area contributed by atoms with Gasteiger partial charge in [-0.2, -0.15) is 13.2 Å². The number of amides is 2. The highest BCUT2D eigenvalue weighted by atomic mass is 19.4. The molecule has 7 nitrogen and oxygen atoms in total. The molecule has 2 aromatic carbocycles. The number of hydrogen-bond acceptors (Lipinski definition) is 5. The number of Topliss-reactive ketones (excluding diaryl/α,β-unsaturated/α-hetero) is 1. The van der Waals surface area contributed by atoms with E-state index in [1.54, 1.807) is 38.1 Å². The predicted octanol–water partition coefficient (Wildman–Crippen LogP) is 4.46. The van der Waals surface area contributed by atoms with E-state index < -0.39 is 40.3 Å². The number of ketones is 1. The van der Waals surface area contributed by atoms with Crippen molar-refractivity contribution >= 4 is 17.6 Å². The number of carbonyl (C=O) groups is 3. The van der Waals surface area contributed by atoms with Crippen molar-refractivity contribution in [3.05, 3.63) is 70.9 Å². The van der Waals surface area contributed by atoms with Gasteiger partial charge in [-0.25, -0.2) is 0 Å². The molecule has 1 aliphatic carbocycles. The summed E-state index contributed by atoms with van der Waals surface area (Å²) in [6.07, 6.45) is -5.14. The highest BCUT2D eigenvalue weighted by Crippen LogP contribution is 2.51. The van der Waals surface area contributed by atoms with Crippen LogP contribution in [0.4, 0.5) is 13.2 Å². The zero-order valence-corrected chi connectivity index (χ0v) is 21.6. The molecule has 1 heterocycles. The van der Waals surface area contributed by atoms with Crippen molar-refractivity contribution in [1.29, 1.82) is 0 Å². The Kier molecular flexibility index (Phi) is 7.03. The summed E-state index contributed by atoms with van der Waals surface area (Å²) in [6, 6.07) is 12.5. The zero-order valence-electron chi connectivity index (χ0n) is 21.6. The molecule has 0 aromatic heterocycles. The monoisotopic (exact) mass is 530 g/mol. The maximum Gasteiger partial charge on any atom is 0.425 e. The predicted molar refractivity (Wildman–Crippen MR) is 133 cm³/mol. The van der Waals surface area contributed by atoms with E-state index in [4.69, 9.17) is 9.47 Å². The highest BCUT2D eigenvalue weighted by Gasteiger charge is 2.71. The topological polar surface area (TPSA) is 84.9 Å². The lowest BCUT2D eigenvalue weighted by Crippen LogP contribution is -2.66. The Morgan fingerprint density at radius 3 is 2.26 bits per heavy atom. The van der Waals surface area contributed by atoms with Crippen LogP contribution in [0.25, 0.3) is 0 Å². The van der Waals surface area contributed by atoms with Gasteiger partial charge in [0.25, 0.3) is 11.8 Å². The van der Waals surface area contributed by atoms with Crippen molar-refractivity contribution in [2.75, 3.05) is 20.8 Å². The van der Waals surface area contributed by atoms with E-state index >= 15 is 0 Å². The maximum atomic E-state index is 15.0. The Balaban J connectivity index is 1.77. The molecule has 0 unspecified atom stereocenters. The van der Waals surface area contributed by atoms with Crippen LogP contribution in [0.1, 0.15) is 42.6 Å². The molecule has 0 bridgehead atoms. The summed E-state index contributed by atoms with van der Waals surface area (Å²) in [5.74, 6) is -2.46. The normalized spacial score (nSPS) is 20.9. The number of rotatable bonds is 7. The summed E-state index contributed by atoms with van der Waals surface area (Å²) in [4.78, 5) is 41.2. The van der Waals surface area contributed by atoms with Gasteiger partial charge in [0, 0.05) is 24.2 Å². The second-order valence-electron chi connectivity index (χ2n) is 10.3. The summed E-state index contributed by atoms with van der Waals surface area (Å²) < 4.78 is 55.1. The van der Waals surface area contributed by atoms with E-state index in [9.17, 15) is 27.6 Å². The summed E-state index contributed by atoms with van der Waals surface area (Å²) in [5.41, 5.74) is -4.20. The van der Waals surface area contributed by atoms with Crippen LogP contribution in [-0.4, -0.2) is 55.0 Å². The fourth-order valence-corrected chi connectivity index (χ4v) is 5.10. The molecule has 1 aliphatic heterocycles. The lowest BCUT2D eigenvalue weighted by molar-refractivity contribution is -0.190. The van der Waals surface area contributed by atoms with Gasteiger partial charge in [-0.15, -0.1) is 0 Å². The minimum Gasteiger partial charge on any atom is -0.497 e. The Hall–Kier alpha value is -3.82. The van der Waals surface area contributed by atoms with Gasteiger partial charge >= 0.3 is 6.18 Å². The van der Waals surface area contributed by atoms with Crippen LogP contribution in [0, 0.1) is 5.41 Å². The molecule has 4 rings (SSSR count). The van der Waals surface area contributed by atoms with Crippen LogP contribution >= 0.6 is 0 Å². The van der Waals surface area contributed by atoms with Crippen molar-refractivity contribution in [2.24, 2.45) is 5.41 Å². The minimum absolute atomic E-state index is 0.00743. The first kappa shape index (κ1) is 27.2. The molecule has 10 heteroatoms. The Morgan fingerprint density at radius 2 is 1.66 bits per heavy atom. The average Bonchev–Trinajstić information content (AvgIpc) is 3.10. The van der Waals surface area contributed by atoms with Crippen LogP contribution in [-0.2, 0) is 16.0 Å². The second kappa shape index (κ2) is 9.81. The number of allylic oxidation sites excluding steroid dienone is 1. The molecule has 2 amide bonds. The van der Waals surface area contributed by atoms with Gasteiger partial charge in [0.2, 0.25) is 5.54 Å². The molecular formula is C28H29F3N2O5. The Morgan fingerprint density at radius 1 is 1.00 bits per heavy atom. The van der Waals surface area contributed by atoms with Crippen molar-refractivity contribution in [2.45, 2.75) is 44.8 Å². The molecule has 38 heavy (non-hydrogen) atoms. The highest BCUT2D eigenvalue weighted by molar-refractivity contribution is 6.14. The van der Waals surface area contributed by atoms with E-state index in [-0.39, 0.29) is 42.8 Å². The molecule has 2 aliphatic rings. The van der Waals surface area contributed by atoms with Crippen molar-refractivity contribution in [3.63, 3.8) is 0 Å². The number of alkyl halides is 3. The molecule has 0 radical (unpaired) electrons. The zero-order chi connectivity index (χ0) is 27.9. The molecule has 0 fully saturated rings. The van der Waals surface area contributed by atoms with Gasteiger partial charge in [-0.1, -0.05) is 32.0 Å². The van der Waals surface area contributed by atoms with Gasteiger partial charge < -0.3 is 19.7 Å². The minimum atomic E-state index is -5.27. The van der Waals surface area contributed by atoms with E-state index in [0.29, 0.717) is 5.75 Å². The van der Waals surface area contributed by atoms with Gasteiger partial charge in [-0.3, -0.25) is 14.4 Å². The quantitative estimate of drug-likeness (QED) is 0.572. The smallest absolute Gasteiger partial charge is 0.425 e. The van der Waals surface area contributed by atoms with Gasteiger partial charge in [0.05, 0.1) is 19.8 Å². The third-order valence-electron chi connectivity index (χ3n) is 6.96. The maximum absolute atomic E-state index is 15.0. The number of halogens is 3. The number of hydrogen-bond donors (Lipinski definition) is 1. The van der Waals surface area contributed by atoms with Crippen LogP contribution in [0.3, 0.4) is 0 Å². The van der Waals surface area contributed by atoms with E-state index in [0.717, 1.165) is 10.5 Å². The first-order chi connectivity index (χ1) is 17.8. The molecule has 202 valence electrons. The largest absolute Gasteiger partial charge is 0.497 e. The number of methoxy groups -OCH3 is 2. The molecular weight excluding hydrogens is 501 g/mol. The Labute approximate surface area is 218 Å². The van der Waals surface area contributed by atoms with Crippen LogP contribution in [0.5, 0.6) is 11.5 Å². The second-order valence-corrected chi connectivity index (χ2v) is 10.3. The third kappa shape index (κ3) is 4.75. The lowest BCUT2D eigenvalue weighted by Gasteiger charge is -2.35. The summed E-state index contributed by atoms with van der Waals surface area (Å²) in [6.45, 7) is 3.44. The van der Waals surface area contributed by atoms with E-state index in [2.05, 4.69) is 0 Å². The fourth-order valence-electron chi connectivity index (χ4n) is 5.10. The molecule has 0 spiro atoms. The molecule has 0 saturated carbocycles. The van der Waals surface area contributed by atoms with Crippen LogP contribution in [0.2, 0.25) is 0 Å². The molecule has 0 saturated heterocycles. The SMILES string of the molecule is COc1ccc(CCN2C(=O)[C@](NC(=O)c3cccc(OC)c3)(C(F)(F)F)C3=C2CC(C)(C)CC3=O)cc1. The molecule has 2 aromatic rings. The van der Waals surface area contributed by atoms with Gasteiger partial charge in [0.15, 0.2) is 5.78 Å². The number of ether oxygens (including phenoxy) is 2. The molecule has 1 atom stereocenters. The third-order valence-corrected chi connectivity index (χ3v) is 6.96. The number of nitrogens with one attached hydrogen (secondary N) is 1. The van der Waals surface area contributed by atoms with Crippen LogP contribution < -0.4 is 14.8 Å². The molecule has 1 N–H and O–H groups in total. The first-order valence-corrected chi connectivity index (χ1v) is 12.1. The van der Waals surface area contributed by atoms with E-state index in [1.807, 2.05) is 5.32 Å². The summed E-state index contributed by atoms with van der Waals surface area (Å²) >= 11 is 0. The number of carbonyl (C=O) groups excluding carboxylic acids is 3. The van der Waals surface area contributed by atoms with Crippen molar-refractivity contribution < 1.29 is 37.0 Å². The standard InChI is InChI=1S/C28H29F3N2O5/c1-26(2)15-21-23(22(34)16-26)27(28(29,30)31,32-24(35)18-6-5-7-20(14-18)38-4)25(36)33(21)13-12-17-8-10-19(37-3)11-9-17/h5-11,14H,12-13,15-16H2,1-4H3,(H,32,35)/t27-/m0/s1. The summed E-state index contributed by atoms with van der Waals surface area (Å²) in [5, 5.41) is 1.94. The average molecular weight is 531 g/mol. The summed E-state index contributed by atoms with van der Waals surface area (Å²) in [7, 11) is 2.87. The van der Waals surface area contributed by atoms with Crippen molar-refractivity contribution in [1.82, 2.24) is 10.2 Å². The first-order valence-electron chi connectivity index (χ1n) is 12.1. The lowest BCUT2D eigenvalue weighted by atomic mass is 9.72. The van der Waals surface area contributed by atoms with Gasteiger partial charge in [-0.05, 0) is 54.2 Å². The van der Waals surface area contributed by atoms with Gasteiger partial charge in [0.1, 0.15) is 11.5 Å². The Bertz CT molecular complexity index is 1300. The number of nitrogens with zero attached hydrogens (tertiary/aromatic N) is 1. The fraction of sp³-hybridized carbons (Fsp3) is 0.393.